The van der Waals surface area contributed by atoms with Crippen LogP contribution in [0.2, 0.25) is 0 Å². The SMILES string of the molecule is CCCNCc1cc(F)ccc1N(CCO)CCOC. The van der Waals surface area contributed by atoms with E-state index < -0.39 is 0 Å². The van der Waals surface area contributed by atoms with Crippen molar-refractivity contribution in [2.45, 2.75) is 19.9 Å². The average Bonchev–Trinajstić information content (AvgIpc) is 2.44. The summed E-state index contributed by atoms with van der Waals surface area (Å²) in [4.78, 5) is 2.02. The van der Waals surface area contributed by atoms with Crippen molar-refractivity contribution in [2.75, 3.05) is 44.9 Å². The summed E-state index contributed by atoms with van der Waals surface area (Å²) in [5.41, 5.74) is 1.85. The highest BCUT2D eigenvalue weighted by Crippen LogP contribution is 2.21. The molecule has 0 aliphatic rings. The van der Waals surface area contributed by atoms with Crippen LogP contribution in [-0.2, 0) is 11.3 Å². The van der Waals surface area contributed by atoms with Gasteiger partial charge in [-0.05, 0) is 36.7 Å². The second-order valence-electron chi connectivity index (χ2n) is 4.65. The average molecular weight is 284 g/mol. The number of nitrogens with one attached hydrogen (secondary N) is 1. The van der Waals surface area contributed by atoms with E-state index in [0.29, 0.717) is 26.2 Å². The topological polar surface area (TPSA) is 44.7 Å². The van der Waals surface area contributed by atoms with E-state index in [9.17, 15) is 9.50 Å². The third-order valence-corrected chi connectivity index (χ3v) is 3.06. The molecule has 0 aromatic heterocycles. The van der Waals surface area contributed by atoms with Gasteiger partial charge in [-0.3, -0.25) is 0 Å². The number of hydrogen-bond donors (Lipinski definition) is 2. The Kier molecular flexibility index (Phi) is 8.18. The van der Waals surface area contributed by atoms with Gasteiger partial charge in [-0.25, -0.2) is 4.39 Å². The maximum absolute atomic E-state index is 13.4. The Bertz CT molecular complexity index is 388. The molecule has 4 nitrogen and oxygen atoms in total. The summed E-state index contributed by atoms with van der Waals surface area (Å²) < 4.78 is 18.5. The third-order valence-electron chi connectivity index (χ3n) is 3.06. The minimum absolute atomic E-state index is 0.0585. The third kappa shape index (κ3) is 5.45. The van der Waals surface area contributed by atoms with Gasteiger partial charge in [0.2, 0.25) is 0 Å². The lowest BCUT2D eigenvalue weighted by atomic mass is 10.1. The van der Waals surface area contributed by atoms with E-state index in [2.05, 4.69) is 12.2 Å². The van der Waals surface area contributed by atoms with Crippen LogP contribution in [0.15, 0.2) is 18.2 Å². The molecule has 5 heteroatoms. The van der Waals surface area contributed by atoms with Crippen LogP contribution >= 0.6 is 0 Å². The molecule has 20 heavy (non-hydrogen) atoms. The van der Waals surface area contributed by atoms with E-state index >= 15 is 0 Å². The Morgan fingerprint density at radius 2 is 2.15 bits per heavy atom. The first-order valence-corrected chi connectivity index (χ1v) is 7.06. The van der Waals surface area contributed by atoms with Gasteiger partial charge in [0, 0.05) is 32.4 Å². The van der Waals surface area contributed by atoms with Crippen molar-refractivity contribution >= 4 is 5.69 Å². The van der Waals surface area contributed by atoms with Crippen molar-refractivity contribution in [2.24, 2.45) is 0 Å². The Morgan fingerprint density at radius 1 is 1.35 bits per heavy atom. The molecule has 0 saturated carbocycles. The summed E-state index contributed by atoms with van der Waals surface area (Å²) in [6, 6.07) is 4.77. The molecule has 1 aromatic rings. The van der Waals surface area contributed by atoms with Crippen molar-refractivity contribution in [3.05, 3.63) is 29.6 Å². The fraction of sp³-hybridized carbons (Fsp3) is 0.600. The van der Waals surface area contributed by atoms with Gasteiger partial charge < -0.3 is 20.1 Å². The Morgan fingerprint density at radius 3 is 2.80 bits per heavy atom. The Balaban J connectivity index is 2.87. The maximum atomic E-state index is 13.4. The van der Waals surface area contributed by atoms with E-state index in [4.69, 9.17) is 4.74 Å². The molecule has 0 radical (unpaired) electrons. The van der Waals surface area contributed by atoms with Crippen LogP contribution in [0.25, 0.3) is 0 Å². The minimum atomic E-state index is -0.238. The fourth-order valence-electron chi connectivity index (χ4n) is 2.08. The largest absolute Gasteiger partial charge is 0.395 e. The Labute approximate surface area is 120 Å². The first-order valence-electron chi connectivity index (χ1n) is 7.06. The van der Waals surface area contributed by atoms with Crippen LogP contribution in [-0.4, -0.2) is 45.1 Å². The second kappa shape index (κ2) is 9.69. The molecule has 0 bridgehead atoms. The second-order valence-corrected chi connectivity index (χ2v) is 4.65. The van der Waals surface area contributed by atoms with Gasteiger partial charge in [-0.2, -0.15) is 0 Å². The number of benzene rings is 1. The highest BCUT2D eigenvalue weighted by Gasteiger charge is 2.11. The van der Waals surface area contributed by atoms with E-state index in [-0.39, 0.29) is 12.4 Å². The quantitative estimate of drug-likeness (QED) is 0.643. The molecular weight excluding hydrogens is 259 g/mol. The Hall–Kier alpha value is -1.17. The molecule has 1 aromatic carbocycles. The van der Waals surface area contributed by atoms with Crippen LogP contribution in [0, 0.1) is 5.82 Å². The molecule has 0 atom stereocenters. The smallest absolute Gasteiger partial charge is 0.123 e. The van der Waals surface area contributed by atoms with Crippen LogP contribution in [0.3, 0.4) is 0 Å². The monoisotopic (exact) mass is 284 g/mol. The van der Waals surface area contributed by atoms with Crippen molar-refractivity contribution in [3.63, 3.8) is 0 Å². The molecule has 0 aliphatic heterocycles. The normalized spacial score (nSPS) is 10.8. The lowest BCUT2D eigenvalue weighted by molar-refractivity contribution is 0.203. The standard InChI is InChI=1S/C15H25FN2O2/c1-3-6-17-12-13-11-14(16)4-5-15(13)18(7-9-19)8-10-20-2/h4-5,11,17,19H,3,6-10,12H2,1-2H3. The zero-order chi connectivity index (χ0) is 14.8. The number of rotatable bonds is 10. The van der Waals surface area contributed by atoms with Crippen LogP contribution < -0.4 is 10.2 Å². The number of methoxy groups -OCH3 is 1. The molecule has 0 saturated heterocycles. The van der Waals surface area contributed by atoms with Crippen molar-refractivity contribution < 1.29 is 14.2 Å². The van der Waals surface area contributed by atoms with Crippen LogP contribution in [0.4, 0.5) is 10.1 Å². The minimum Gasteiger partial charge on any atom is -0.395 e. The molecule has 0 amide bonds. The van der Waals surface area contributed by atoms with Crippen molar-refractivity contribution in [1.82, 2.24) is 5.32 Å². The predicted molar refractivity (Wildman–Crippen MR) is 79.6 cm³/mol. The zero-order valence-electron chi connectivity index (χ0n) is 12.4. The van der Waals surface area contributed by atoms with Gasteiger partial charge in [-0.1, -0.05) is 6.92 Å². The molecular formula is C15H25FN2O2. The number of hydrogen-bond acceptors (Lipinski definition) is 4. The summed E-state index contributed by atoms with van der Waals surface area (Å²) >= 11 is 0. The van der Waals surface area contributed by atoms with E-state index in [1.54, 1.807) is 19.2 Å². The maximum Gasteiger partial charge on any atom is 0.123 e. The summed E-state index contributed by atoms with van der Waals surface area (Å²) in [6.45, 7) is 5.42. The van der Waals surface area contributed by atoms with Gasteiger partial charge >= 0.3 is 0 Å². The number of aliphatic hydroxyl groups excluding tert-OH is 1. The first kappa shape index (κ1) is 16.9. The summed E-state index contributed by atoms with van der Waals surface area (Å²) in [6.07, 6.45) is 1.04. The van der Waals surface area contributed by atoms with E-state index in [1.807, 2.05) is 4.90 Å². The molecule has 0 fully saturated rings. The number of aliphatic hydroxyl groups is 1. The molecule has 114 valence electrons. The van der Waals surface area contributed by atoms with Crippen LogP contribution in [0.1, 0.15) is 18.9 Å². The predicted octanol–water partition coefficient (Wildman–Crippen LogP) is 1.77. The zero-order valence-corrected chi connectivity index (χ0v) is 12.4. The summed E-state index contributed by atoms with van der Waals surface area (Å²) in [5.74, 6) is -0.238. The van der Waals surface area contributed by atoms with Gasteiger partial charge in [0.15, 0.2) is 0 Å². The number of ether oxygens (including phenoxy) is 1. The molecule has 0 spiro atoms. The molecule has 2 N–H and O–H groups in total. The summed E-state index contributed by atoms with van der Waals surface area (Å²) in [5, 5.41) is 12.5. The van der Waals surface area contributed by atoms with Gasteiger partial charge in [0.05, 0.1) is 13.2 Å². The molecule has 1 rings (SSSR count). The van der Waals surface area contributed by atoms with Crippen molar-refractivity contribution in [3.8, 4) is 0 Å². The lowest BCUT2D eigenvalue weighted by Crippen LogP contribution is -2.31. The van der Waals surface area contributed by atoms with Gasteiger partial charge in [0.1, 0.15) is 5.82 Å². The van der Waals surface area contributed by atoms with E-state index in [0.717, 1.165) is 24.2 Å². The number of anilines is 1. The van der Waals surface area contributed by atoms with Crippen LogP contribution in [0.5, 0.6) is 0 Å². The summed E-state index contributed by atoms with van der Waals surface area (Å²) in [7, 11) is 1.64. The fourth-order valence-corrected chi connectivity index (χ4v) is 2.08. The molecule has 0 unspecified atom stereocenters. The highest BCUT2D eigenvalue weighted by atomic mass is 19.1. The van der Waals surface area contributed by atoms with E-state index in [1.165, 1.54) is 6.07 Å². The number of nitrogens with zero attached hydrogens (tertiary/aromatic N) is 1. The number of halogens is 1. The van der Waals surface area contributed by atoms with Crippen molar-refractivity contribution in [1.29, 1.82) is 0 Å². The lowest BCUT2D eigenvalue weighted by Gasteiger charge is -2.26. The highest BCUT2D eigenvalue weighted by molar-refractivity contribution is 5.54. The first-order chi connectivity index (χ1) is 9.72. The van der Waals surface area contributed by atoms with Gasteiger partial charge in [-0.15, -0.1) is 0 Å². The molecule has 0 heterocycles. The molecule has 0 aliphatic carbocycles. The van der Waals surface area contributed by atoms with Gasteiger partial charge in [0.25, 0.3) is 0 Å².